The molecule has 1 spiro atoms. The molecule has 2 aliphatic carbocycles. The number of anilines is 1. The van der Waals surface area contributed by atoms with E-state index in [9.17, 15) is 4.79 Å². The van der Waals surface area contributed by atoms with Crippen LogP contribution in [0.1, 0.15) is 48.8 Å². The Morgan fingerprint density at radius 2 is 1.56 bits per heavy atom. The van der Waals surface area contributed by atoms with Crippen molar-refractivity contribution >= 4 is 12.2 Å². The van der Waals surface area contributed by atoms with Crippen molar-refractivity contribution in [2.24, 2.45) is 5.10 Å². The molecule has 7 nitrogen and oxygen atoms in total. The summed E-state index contributed by atoms with van der Waals surface area (Å²) in [7, 11) is 3.27. The number of ether oxygens (including phenoxy) is 2. The van der Waals surface area contributed by atoms with Crippen LogP contribution in [0.3, 0.4) is 0 Å². The van der Waals surface area contributed by atoms with Gasteiger partial charge in [-0.15, -0.1) is 0 Å². The molecule has 1 saturated carbocycles. The number of nitrogens with one attached hydrogen (secondary N) is 1. The molecule has 6 rings (SSSR count). The first-order valence-corrected chi connectivity index (χ1v) is 13.5. The van der Waals surface area contributed by atoms with E-state index in [4.69, 9.17) is 14.5 Å². The Bertz CT molecular complexity index is 1570. The average Bonchev–Trinajstić information content (AvgIpc) is 2.98. The lowest BCUT2D eigenvalue weighted by atomic mass is 9.62. The monoisotopic (exact) mass is 520 g/mol. The highest BCUT2D eigenvalue weighted by atomic mass is 16.5. The summed E-state index contributed by atoms with van der Waals surface area (Å²) in [6.45, 7) is 0. The number of hydrogen-bond acceptors (Lipinski definition) is 6. The molecule has 1 aromatic heterocycles. The number of methoxy groups -OCH3 is 2. The normalized spacial score (nSPS) is 15.5. The van der Waals surface area contributed by atoms with E-state index in [1.165, 1.54) is 12.0 Å². The minimum Gasteiger partial charge on any atom is -0.497 e. The fraction of sp³-hybridized carbons (Fsp3) is 0.281. The molecule has 1 heterocycles. The van der Waals surface area contributed by atoms with Gasteiger partial charge in [0.05, 0.1) is 37.4 Å². The summed E-state index contributed by atoms with van der Waals surface area (Å²) in [5, 5.41) is 4.47. The highest BCUT2D eigenvalue weighted by molar-refractivity contribution is 5.80. The molecular weight excluding hydrogens is 488 g/mol. The van der Waals surface area contributed by atoms with Gasteiger partial charge in [0.25, 0.3) is 5.56 Å². The lowest BCUT2D eigenvalue weighted by Gasteiger charge is -2.42. The van der Waals surface area contributed by atoms with Crippen molar-refractivity contribution in [1.29, 1.82) is 0 Å². The van der Waals surface area contributed by atoms with Gasteiger partial charge >= 0.3 is 0 Å². The Labute approximate surface area is 228 Å². The highest BCUT2D eigenvalue weighted by Crippen LogP contribution is 2.48. The van der Waals surface area contributed by atoms with Crippen LogP contribution in [0.5, 0.6) is 11.5 Å². The van der Waals surface area contributed by atoms with Gasteiger partial charge in [-0.3, -0.25) is 4.79 Å². The molecule has 39 heavy (non-hydrogen) atoms. The van der Waals surface area contributed by atoms with E-state index in [1.54, 1.807) is 25.0 Å². The fourth-order valence-electron chi connectivity index (χ4n) is 6.11. The summed E-state index contributed by atoms with van der Waals surface area (Å²) >= 11 is 0. The second-order valence-corrected chi connectivity index (χ2v) is 10.3. The van der Waals surface area contributed by atoms with Gasteiger partial charge in [0.1, 0.15) is 11.5 Å². The smallest absolute Gasteiger partial charge is 0.263 e. The molecule has 0 unspecified atom stereocenters. The molecule has 1 N–H and O–H groups in total. The van der Waals surface area contributed by atoms with Crippen LogP contribution >= 0.6 is 0 Å². The van der Waals surface area contributed by atoms with Crippen LogP contribution < -0.4 is 20.5 Å². The SMILES string of the molecule is COc1ccc(/C=N\Nc2nc3c(c(=O)n2-c2ccc(OC)cc2)C2(CCCCC2)Cc2ccccc2-3)cc1. The molecule has 0 aliphatic heterocycles. The molecule has 0 bridgehead atoms. The molecule has 7 heteroatoms. The van der Waals surface area contributed by atoms with Gasteiger partial charge in [-0.05, 0) is 78.9 Å². The molecule has 1 fully saturated rings. The predicted octanol–water partition coefficient (Wildman–Crippen LogP) is 6.12. The second-order valence-electron chi connectivity index (χ2n) is 10.3. The topological polar surface area (TPSA) is 77.7 Å². The molecular formula is C32H32N4O3. The third kappa shape index (κ3) is 4.58. The van der Waals surface area contributed by atoms with Crippen molar-refractivity contribution in [3.63, 3.8) is 0 Å². The number of benzene rings is 3. The Hall–Kier alpha value is -4.39. The zero-order valence-corrected chi connectivity index (χ0v) is 22.3. The Balaban J connectivity index is 1.52. The summed E-state index contributed by atoms with van der Waals surface area (Å²) in [4.78, 5) is 19.7. The van der Waals surface area contributed by atoms with Crippen LogP contribution in [0.4, 0.5) is 5.95 Å². The third-order valence-corrected chi connectivity index (χ3v) is 8.05. The van der Waals surface area contributed by atoms with Gasteiger partial charge in [-0.2, -0.15) is 5.10 Å². The minimum absolute atomic E-state index is 0.0382. The van der Waals surface area contributed by atoms with Gasteiger partial charge in [-0.1, -0.05) is 43.5 Å². The maximum absolute atomic E-state index is 14.6. The van der Waals surface area contributed by atoms with E-state index in [2.05, 4.69) is 28.7 Å². The van der Waals surface area contributed by atoms with Gasteiger partial charge in [0, 0.05) is 11.0 Å². The Kier molecular flexibility index (Phi) is 6.65. The average molecular weight is 521 g/mol. The molecule has 3 aromatic carbocycles. The van der Waals surface area contributed by atoms with E-state index in [-0.39, 0.29) is 11.0 Å². The van der Waals surface area contributed by atoms with Crippen LogP contribution in [-0.2, 0) is 11.8 Å². The van der Waals surface area contributed by atoms with E-state index in [0.29, 0.717) is 11.6 Å². The summed E-state index contributed by atoms with van der Waals surface area (Å²) < 4.78 is 12.3. The zero-order valence-electron chi connectivity index (χ0n) is 22.3. The lowest BCUT2D eigenvalue weighted by molar-refractivity contribution is 0.284. The summed E-state index contributed by atoms with van der Waals surface area (Å²) in [6.07, 6.45) is 8.02. The summed E-state index contributed by atoms with van der Waals surface area (Å²) in [5.74, 6) is 1.87. The Morgan fingerprint density at radius 1 is 0.897 bits per heavy atom. The fourth-order valence-corrected chi connectivity index (χ4v) is 6.11. The second kappa shape index (κ2) is 10.4. The quantitative estimate of drug-likeness (QED) is 0.245. The minimum atomic E-state index is -0.203. The largest absolute Gasteiger partial charge is 0.497 e. The predicted molar refractivity (Wildman–Crippen MR) is 154 cm³/mol. The summed E-state index contributed by atoms with van der Waals surface area (Å²) in [6, 6.07) is 23.5. The van der Waals surface area contributed by atoms with Crippen molar-refractivity contribution in [3.8, 4) is 28.4 Å². The molecule has 0 saturated heterocycles. The van der Waals surface area contributed by atoms with Crippen molar-refractivity contribution in [1.82, 2.24) is 9.55 Å². The standard InChI is InChI=1S/C32H32N4O3/c1-38-25-14-10-22(11-15-25)21-33-35-31-34-29-27-9-5-4-8-23(27)20-32(18-6-3-7-19-32)28(29)30(37)36(31)24-12-16-26(39-2)17-13-24/h4-5,8-17,21H,3,6-7,18-20H2,1-2H3,(H,34,35)/b33-21-. The Morgan fingerprint density at radius 3 is 2.26 bits per heavy atom. The lowest BCUT2D eigenvalue weighted by Crippen LogP contribution is -2.42. The number of hydrazone groups is 1. The molecule has 198 valence electrons. The van der Waals surface area contributed by atoms with E-state index in [0.717, 1.165) is 66.0 Å². The van der Waals surface area contributed by atoms with Crippen LogP contribution in [-0.4, -0.2) is 30.0 Å². The first-order valence-electron chi connectivity index (χ1n) is 13.5. The number of hydrogen-bond donors (Lipinski definition) is 1. The van der Waals surface area contributed by atoms with Crippen molar-refractivity contribution in [2.45, 2.75) is 43.9 Å². The maximum atomic E-state index is 14.6. The van der Waals surface area contributed by atoms with Gasteiger partial charge in [0.2, 0.25) is 5.95 Å². The van der Waals surface area contributed by atoms with Crippen molar-refractivity contribution in [2.75, 3.05) is 19.6 Å². The van der Waals surface area contributed by atoms with E-state index >= 15 is 0 Å². The van der Waals surface area contributed by atoms with Crippen LogP contribution in [0, 0.1) is 0 Å². The third-order valence-electron chi connectivity index (χ3n) is 8.05. The van der Waals surface area contributed by atoms with Gasteiger partial charge < -0.3 is 9.47 Å². The molecule has 2 aliphatic rings. The maximum Gasteiger partial charge on any atom is 0.263 e. The van der Waals surface area contributed by atoms with E-state index in [1.807, 2.05) is 54.6 Å². The van der Waals surface area contributed by atoms with Crippen LogP contribution in [0.2, 0.25) is 0 Å². The zero-order chi connectivity index (χ0) is 26.8. The van der Waals surface area contributed by atoms with Crippen LogP contribution in [0.15, 0.2) is 82.7 Å². The number of nitrogens with zero attached hydrogens (tertiary/aromatic N) is 3. The molecule has 0 radical (unpaired) electrons. The van der Waals surface area contributed by atoms with Crippen LogP contribution in [0.25, 0.3) is 16.9 Å². The first kappa shape index (κ1) is 24.9. The number of rotatable bonds is 6. The number of aromatic nitrogens is 2. The van der Waals surface area contributed by atoms with Gasteiger partial charge in [-0.25, -0.2) is 15.0 Å². The summed E-state index contributed by atoms with van der Waals surface area (Å²) in [5.41, 5.74) is 8.35. The van der Waals surface area contributed by atoms with E-state index < -0.39 is 0 Å². The molecule has 0 atom stereocenters. The number of fused-ring (bicyclic) bond motifs is 4. The van der Waals surface area contributed by atoms with Crippen molar-refractivity contribution < 1.29 is 9.47 Å². The van der Waals surface area contributed by atoms with Crippen molar-refractivity contribution in [3.05, 3.63) is 99.8 Å². The van der Waals surface area contributed by atoms with Gasteiger partial charge in [0.15, 0.2) is 0 Å². The first-order chi connectivity index (χ1) is 19.1. The molecule has 0 amide bonds. The highest BCUT2D eigenvalue weighted by Gasteiger charge is 2.43. The molecule has 4 aromatic rings.